The topological polar surface area (TPSA) is 90.7 Å². The second-order valence-electron chi connectivity index (χ2n) is 7.39. The number of imide groups is 1. The van der Waals surface area contributed by atoms with Gasteiger partial charge in [-0.15, -0.1) is 18.2 Å². The fourth-order valence-corrected chi connectivity index (χ4v) is 3.92. The minimum absolute atomic E-state index is 0.0298. The van der Waals surface area contributed by atoms with Gasteiger partial charge in [0.15, 0.2) is 6.73 Å². The van der Waals surface area contributed by atoms with Crippen molar-refractivity contribution in [2.75, 3.05) is 19.8 Å². The Hall–Kier alpha value is -2.45. The van der Waals surface area contributed by atoms with Gasteiger partial charge in [-0.3, -0.25) is 9.59 Å². The van der Waals surface area contributed by atoms with Crippen LogP contribution in [-0.4, -0.2) is 52.8 Å². The molecule has 1 aliphatic heterocycles. The lowest BCUT2D eigenvalue weighted by atomic mass is 10.1. The number of amides is 3. The summed E-state index contributed by atoms with van der Waals surface area (Å²) in [5, 5.41) is 9.53. The van der Waals surface area contributed by atoms with Crippen molar-refractivity contribution in [3.8, 4) is 18.4 Å². The van der Waals surface area contributed by atoms with Crippen LogP contribution in [0.25, 0.3) is 0 Å². The van der Waals surface area contributed by atoms with E-state index >= 15 is 0 Å². The Kier molecular flexibility index (Phi) is 6.22. The summed E-state index contributed by atoms with van der Waals surface area (Å²) in [4.78, 5) is 39.1. The van der Waals surface area contributed by atoms with E-state index in [9.17, 15) is 19.6 Å². The molecule has 0 radical (unpaired) electrons. The van der Waals surface area contributed by atoms with Gasteiger partial charge in [-0.05, 0) is 11.3 Å². The Morgan fingerprint density at radius 1 is 1.48 bits per heavy atom. The lowest BCUT2D eigenvalue weighted by molar-refractivity contribution is -0.151. The minimum atomic E-state index is -0.558. The summed E-state index contributed by atoms with van der Waals surface area (Å²) >= 11 is 1.45. The second-order valence-corrected chi connectivity index (χ2v) is 9.01. The zero-order valence-corrected chi connectivity index (χ0v) is 16.7. The van der Waals surface area contributed by atoms with Crippen molar-refractivity contribution in [3.63, 3.8) is 0 Å². The fourth-order valence-electron chi connectivity index (χ4n) is 3.13. The molecule has 0 spiro atoms. The highest BCUT2D eigenvalue weighted by atomic mass is 32.2. The maximum absolute atomic E-state index is 12.5. The van der Waals surface area contributed by atoms with E-state index < -0.39 is 30.6 Å². The third-order valence-corrected chi connectivity index (χ3v) is 5.67. The number of hydrogen-bond acceptors (Lipinski definition) is 6. The quantitative estimate of drug-likeness (QED) is 0.287. The fraction of sp³-hybridized carbons (Fsp3) is 0.579. The maximum atomic E-state index is 12.5. The molecule has 2 aliphatic rings. The number of carbonyl (C=O) groups is 3. The van der Waals surface area contributed by atoms with E-state index in [0.717, 1.165) is 4.90 Å². The second kappa shape index (κ2) is 8.06. The Morgan fingerprint density at radius 3 is 2.70 bits per heavy atom. The van der Waals surface area contributed by atoms with Gasteiger partial charge in [-0.2, -0.15) is 5.26 Å². The number of allylic oxidation sites excluding steroid dienone is 2. The number of terminal acetylenes is 1. The average Bonchev–Trinajstić information content (AvgIpc) is 3.01. The number of thioether (sulfide) groups is 1. The van der Waals surface area contributed by atoms with Gasteiger partial charge >= 0.3 is 12.0 Å². The van der Waals surface area contributed by atoms with Gasteiger partial charge in [0, 0.05) is 5.25 Å². The third-order valence-electron chi connectivity index (χ3n) is 4.72. The summed E-state index contributed by atoms with van der Waals surface area (Å²) in [5.41, 5.74) is -0.342. The van der Waals surface area contributed by atoms with E-state index in [0.29, 0.717) is 4.91 Å². The van der Waals surface area contributed by atoms with E-state index in [2.05, 4.69) is 12.0 Å². The molecule has 1 heterocycles. The third kappa shape index (κ3) is 4.45. The first-order valence-corrected chi connectivity index (χ1v) is 9.49. The van der Waals surface area contributed by atoms with Crippen LogP contribution in [0.1, 0.15) is 27.7 Å². The molecule has 1 saturated carbocycles. The summed E-state index contributed by atoms with van der Waals surface area (Å²) < 4.78 is 5.23. The molecule has 0 aromatic heterocycles. The van der Waals surface area contributed by atoms with E-state index in [1.807, 2.05) is 33.8 Å². The molecule has 7 nitrogen and oxygen atoms in total. The minimum Gasteiger partial charge on any atom is -0.443 e. The van der Waals surface area contributed by atoms with Crippen LogP contribution in [-0.2, 0) is 14.3 Å². The number of hydrogen-bond donors (Lipinski definition) is 0. The lowest BCUT2D eigenvalue weighted by Gasteiger charge is -2.15. The Bertz CT molecular complexity index is 760. The summed E-state index contributed by atoms with van der Waals surface area (Å²) in [6.07, 6.45) is 6.99. The first kappa shape index (κ1) is 20.9. The number of carbonyl (C=O) groups excluding carboxylic acids is 3. The number of nitriles is 1. The summed E-state index contributed by atoms with van der Waals surface area (Å²) in [6.45, 7) is 7.33. The lowest BCUT2D eigenvalue weighted by Crippen LogP contribution is -2.36. The monoisotopic (exact) mass is 389 g/mol. The van der Waals surface area contributed by atoms with Crippen molar-refractivity contribution in [2.24, 2.45) is 17.3 Å². The van der Waals surface area contributed by atoms with Crippen molar-refractivity contribution in [1.29, 1.82) is 5.26 Å². The highest BCUT2D eigenvalue weighted by Crippen LogP contribution is 2.60. The molecule has 2 rings (SSSR count). The Balaban J connectivity index is 1.98. The molecule has 8 heteroatoms. The van der Waals surface area contributed by atoms with Crippen LogP contribution < -0.4 is 0 Å². The van der Waals surface area contributed by atoms with Crippen LogP contribution in [0.2, 0.25) is 0 Å². The van der Waals surface area contributed by atoms with Gasteiger partial charge in [-0.1, -0.05) is 39.7 Å². The molecule has 3 amide bonds. The van der Waals surface area contributed by atoms with Crippen LogP contribution in [0, 0.1) is 40.9 Å². The molecule has 1 saturated heterocycles. The molecule has 2 atom stereocenters. The van der Waals surface area contributed by atoms with E-state index in [-0.39, 0.29) is 29.7 Å². The highest BCUT2D eigenvalue weighted by Gasteiger charge is 2.61. The van der Waals surface area contributed by atoms with E-state index in [4.69, 9.17) is 11.2 Å². The number of ether oxygens (including phenoxy) is 1. The van der Waals surface area contributed by atoms with Crippen LogP contribution in [0.15, 0.2) is 11.0 Å². The molecular formula is C19H23N3O4S. The zero-order chi connectivity index (χ0) is 20.4. The molecule has 0 aromatic carbocycles. The standard InChI is InChI=1S/C19H23N3O4S/c1-6-7-21-10-15(23)22(18(21)25)11-26-17(24)16-14(19(16,4)5)8-13(9-20)27-12(2)3/h1,8,12,14,16H,7,10-11H2,2-5H3/b13-8-/t14-,16+/m1/s1. The maximum Gasteiger partial charge on any atom is 0.330 e. The summed E-state index contributed by atoms with van der Waals surface area (Å²) in [5.74, 6) is 0.849. The molecule has 0 bridgehead atoms. The molecule has 27 heavy (non-hydrogen) atoms. The molecule has 1 aliphatic carbocycles. The Labute approximate surface area is 163 Å². The predicted octanol–water partition coefficient (Wildman–Crippen LogP) is 2.21. The largest absolute Gasteiger partial charge is 0.443 e. The molecule has 0 N–H and O–H groups in total. The van der Waals surface area contributed by atoms with E-state index in [1.165, 1.54) is 16.7 Å². The van der Waals surface area contributed by atoms with Crippen LogP contribution in [0.4, 0.5) is 4.79 Å². The van der Waals surface area contributed by atoms with Gasteiger partial charge in [0.05, 0.1) is 17.4 Å². The van der Waals surface area contributed by atoms with Crippen molar-refractivity contribution in [2.45, 2.75) is 32.9 Å². The molecule has 2 fully saturated rings. The van der Waals surface area contributed by atoms with E-state index in [1.54, 1.807) is 0 Å². The van der Waals surface area contributed by atoms with Crippen molar-refractivity contribution in [1.82, 2.24) is 9.80 Å². The van der Waals surface area contributed by atoms with Gasteiger partial charge in [0.2, 0.25) is 0 Å². The smallest absolute Gasteiger partial charge is 0.330 e. The normalized spacial score (nSPS) is 24.0. The summed E-state index contributed by atoms with van der Waals surface area (Å²) in [7, 11) is 0. The van der Waals surface area contributed by atoms with Crippen LogP contribution >= 0.6 is 11.8 Å². The van der Waals surface area contributed by atoms with Gasteiger partial charge in [0.25, 0.3) is 5.91 Å². The van der Waals surface area contributed by atoms with Gasteiger partial charge < -0.3 is 9.64 Å². The van der Waals surface area contributed by atoms with Gasteiger partial charge in [0.1, 0.15) is 12.6 Å². The van der Waals surface area contributed by atoms with Crippen LogP contribution in [0.3, 0.4) is 0 Å². The molecule has 144 valence electrons. The summed E-state index contributed by atoms with van der Waals surface area (Å²) in [6, 6.07) is 1.60. The van der Waals surface area contributed by atoms with Crippen molar-refractivity contribution in [3.05, 3.63) is 11.0 Å². The number of rotatable bonds is 7. The van der Waals surface area contributed by atoms with Gasteiger partial charge in [-0.25, -0.2) is 9.69 Å². The molecule has 0 aromatic rings. The zero-order valence-electron chi connectivity index (χ0n) is 15.9. The highest BCUT2D eigenvalue weighted by molar-refractivity contribution is 8.03. The molecule has 0 unspecified atom stereocenters. The molecular weight excluding hydrogens is 366 g/mol. The average molecular weight is 389 g/mol. The number of esters is 1. The SMILES string of the molecule is C#CCN1CC(=O)N(COC(=O)[C@@H]2[C@@H](/C=C(/C#N)SC(C)C)C2(C)C)C1=O. The van der Waals surface area contributed by atoms with Crippen molar-refractivity contribution < 1.29 is 19.1 Å². The Morgan fingerprint density at radius 2 is 2.15 bits per heavy atom. The van der Waals surface area contributed by atoms with Crippen molar-refractivity contribution >= 4 is 29.7 Å². The predicted molar refractivity (Wildman–Crippen MR) is 101 cm³/mol. The number of urea groups is 1. The first-order chi connectivity index (χ1) is 12.6. The first-order valence-electron chi connectivity index (χ1n) is 8.61. The number of nitrogens with zero attached hydrogens (tertiary/aromatic N) is 3. The van der Waals surface area contributed by atoms with Crippen LogP contribution in [0.5, 0.6) is 0 Å².